The number of nitrogens with one attached hydrogen (secondary N) is 3. The number of aromatic nitrogens is 2. The van der Waals surface area contributed by atoms with Crippen LogP contribution in [0.4, 0.5) is 5.69 Å². The first kappa shape index (κ1) is 14.7. The van der Waals surface area contributed by atoms with Crippen LogP contribution in [-0.2, 0) is 9.53 Å². The van der Waals surface area contributed by atoms with Gasteiger partial charge in [-0.05, 0) is 15.9 Å². The summed E-state index contributed by atoms with van der Waals surface area (Å²) in [5.74, 6) is -0.0755. The number of carbonyl (C=O) groups is 1. The van der Waals surface area contributed by atoms with Crippen LogP contribution >= 0.6 is 15.9 Å². The van der Waals surface area contributed by atoms with Crippen LogP contribution in [0, 0.1) is 0 Å². The van der Waals surface area contributed by atoms with Crippen LogP contribution in [0.15, 0.2) is 15.5 Å². The summed E-state index contributed by atoms with van der Waals surface area (Å²) < 4.78 is 5.18. The summed E-state index contributed by atoms with van der Waals surface area (Å²) in [4.78, 5) is 22.6. The molecule has 0 saturated carbocycles. The largest absolute Gasteiger partial charge is 0.383 e. The van der Waals surface area contributed by atoms with E-state index in [1.165, 1.54) is 6.20 Å². The highest BCUT2D eigenvalue weighted by Crippen LogP contribution is 2.14. The molecule has 1 rings (SSSR count). The Morgan fingerprint density at radius 3 is 3.06 bits per heavy atom. The lowest BCUT2D eigenvalue weighted by molar-refractivity contribution is -0.121. The van der Waals surface area contributed by atoms with Gasteiger partial charge in [0.15, 0.2) is 0 Å². The fourth-order valence-corrected chi connectivity index (χ4v) is 1.53. The van der Waals surface area contributed by atoms with Gasteiger partial charge in [0.05, 0.1) is 18.5 Å². The molecule has 1 aromatic rings. The quantitative estimate of drug-likeness (QED) is 0.619. The van der Waals surface area contributed by atoms with Gasteiger partial charge in [-0.25, -0.2) is 5.10 Å². The van der Waals surface area contributed by atoms with Crippen molar-refractivity contribution in [3.8, 4) is 0 Å². The Morgan fingerprint density at radius 1 is 1.56 bits per heavy atom. The van der Waals surface area contributed by atoms with Crippen LogP contribution < -0.4 is 16.2 Å². The fourth-order valence-electron chi connectivity index (χ4n) is 1.20. The summed E-state index contributed by atoms with van der Waals surface area (Å²) in [6, 6.07) is 0. The van der Waals surface area contributed by atoms with Gasteiger partial charge in [0.2, 0.25) is 5.91 Å². The second kappa shape index (κ2) is 7.83. The lowest BCUT2D eigenvalue weighted by Crippen LogP contribution is -2.28. The lowest BCUT2D eigenvalue weighted by atomic mass is 10.3. The highest BCUT2D eigenvalue weighted by atomic mass is 79.9. The number of methoxy groups -OCH3 is 1. The van der Waals surface area contributed by atoms with Crippen molar-refractivity contribution < 1.29 is 9.53 Å². The molecule has 0 fully saturated rings. The molecular formula is C10H15BrN4O3. The molecule has 0 saturated heterocycles. The normalized spacial score (nSPS) is 10.1. The van der Waals surface area contributed by atoms with Crippen LogP contribution in [0.1, 0.15) is 6.42 Å². The molecule has 7 nitrogen and oxygen atoms in total. The standard InChI is InChI=1S/C10H15BrN4O3/c1-18-5-4-13-8(16)2-3-12-7-6-14-15-10(17)9(7)11/h6H,2-5H2,1H3,(H,13,16)(H2,12,15,17). The molecule has 1 aromatic heterocycles. The molecule has 0 bridgehead atoms. The third-order valence-electron chi connectivity index (χ3n) is 2.09. The van der Waals surface area contributed by atoms with Crippen molar-refractivity contribution in [2.24, 2.45) is 0 Å². The number of amides is 1. The van der Waals surface area contributed by atoms with Gasteiger partial charge < -0.3 is 15.4 Å². The van der Waals surface area contributed by atoms with Crippen molar-refractivity contribution >= 4 is 27.5 Å². The van der Waals surface area contributed by atoms with Crippen molar-refractivity contribution in [2.75, 3.05) is 32.1 Å². The maximum atomic E-state index is 11.4. The van der Waals surface area contributed by atoms with Gasteiger partial charge in [0, 0.05) is 26.6 Å². The van der Waals surface area contributed by atoms with E-state index in [4.69, 9.17) is 4.74 Å². The second-order valence-corrected chi connectivity index (χ2v) is 4.24. The number of carbonyl (C=O) groups excluding carboxylic acids is 1. The third-order valence-corrected chi connectivity index (χ3v) is 2.88. The van der Waals surface area contributed by atoms with E-state index >= 15 is 0 Å². The number of anilines is 1. The van der Waals surface area contributed by atoms with E-state index < -0.39 is 0 Å². The van der Waals surface area contributed by atoms with Gasteiger partial charge in [-0.3, -0.25) is 9.59 Å². The average Bonchev–Trinajstić information content (AvgIpc) is 2.35. The van der Waals surface area contributed by atoms with Crippen molar-refractivity contribution in [1.29, 1.82) is 0 Å². The molecule has 0 aliphatic carbocycles. The Labute approximate surface area is 112 Å². The molecule has 1 heterocycles. The van der Waals surface area contributed by atoms with E-state index in [2.05, 4.69) is 36.8 Å². The topological polar surface area (TPSA) is 96.1 Å². The Bertz CT molecular complexity index is 449. The molecule has 1 amide bonds. The lowest BCUT2D eigenvalue weighted by Gasteiger charge is -2.07. The zero-order chi connectivity index (χ0) is 13.4. The van der Waals surface area contributed by atoms with Crippen molar-refractivity contribution in [1.82, 2.24) is 15.5 Å². The molecule has 100 valence electrons. The zero-order valence-corrected chi connectivity index (χ0v) is 11.5. The minimum Gasteiger partial charge on any atom is -0.383 e. The number of rotatable bonds is 7. The first-order valence-corrected chi connectivity index (χ1v) is 6.17. The van der Waals surface area contributed by atoms with Gasteiger partial charge in [-0.2, -0.15) is 5.10 Å². The average molecular weight is 319 g/mol. The SMILES string of the molecule is COCCNC(=O)CCNc1cn[nH]c(=O)c1Br. The van der Waals surface area contributed by atoms with Gasteiger partial charge in [0.1, 0.15) is 4.47 Å². The molecule has 0 atom stereocenters. The van der Waals surface area contributed by atoms with E-state index in [0.29, 0.717) is 36.3 Å². The highest BCUT2D eigenvalue weighted by Gasteiger charge is 2.05. The molecular weight excluding hydrogens is 304 g/mol. The van der Waals surface area contributed by atoms with Crippen molar-refractivity contribution in [3.05, 3.63) is 21.0 Å². The molecule has 3 N–H and O–H groups in total. The summed E-state index contributed by atoms with van der Waals surface area (Å²) in [5, 5.41) is 11.6. The van der Waals surface area contributed by atoms with E-state index in [0.717, 1.165) is 0 Å². The van der Waals surface area contributed by atoms with Gasteiger partial charge in [0.25, 0.3) is 5.56 Å². The number of nitrogens with zero attached hydrogens (tertiary/aromatic N) is 1. The van der Waals surface area contributed by atoms with Crippen LogP contribution in [-0.4, -0.2) is 42.9 Å². The van der Waals surface area contributed by atoms with E-state index in [9.17, 15) is 9.59 Å². The monoisotopic (exact) mass is 318 g/mol. The number of aromatic amines is 1. The van der Waals surface area contributed by atoms with Gasteiger partial charge in [-0.1, -0.05) is 0 Å². The van der Waals surface area contributed by atoms with Crippen molar-refractivity contribution in [2.45, 2.75) is 6.42 Å². The molecule has 0 radical (unpaired) electrons. The predicted molar refractivity (Wildman–Crippen MR) is 70.6 cm³/mol. The minimum atomic E-state index is -0.315. The summed E-state index contributed by atoms with van der Waals surface area (Å²) in [6.07, 6.45) is 1.79. The first-order chi connectivity index (χ1) is 8.65. The Balaban J connectivity index is 2.31. The van der Waals surface area contributed by atoms with Crippen LogP contribution in [0.5, 0.6) is 0 Å². The van der Waals surface area contributed by atoms with Crippen LogP contribution in [0.25, 0.3) is 0 Å². The third kappa shape index (κ3) is 4.84. The number of halogens is 1. The van der Waals surface area contributed by atoms with Crippen molar-refractivity contribution in [3.63, 3.8) is 0 Å². The number of H-pyrrole nitrogens is 1. The molecule has 0 unspecified atom stereocenters. The fraction of sp³-hybridized carbons (Fsp3) is 0.500. The number of ether oxygens (including phenoxy) is 1. The van der Waals surface area contributed by atoms with Crippen LogP contribution in [0.3, 0.4) is 0 Å². The summed E-state index contributed by atoms with van der Waals surface area (Å²) in [6.45, 7) is 1.40. The maximum absolute atomic E-state index is 11.4. The highest BCUT2D eigenvalue weighted by molar-refractivity contribution is 9.10. The summed E-state index contributed by atoms with van der Waals surface area (Å²) >= 11 is 3.14. The zero-order valence-electron chi connectivity index (χ0n) is 9.96. The van der Waals surface area contributed by atoms with E-state index in [1.54, 1.807) is 7.11 Å². The minimum absolute atomic E-state index is 0.0755. The second-order valence-electron chi connectivity index (χ2n) is 3.45. The Morgan fingerprint density at radius 2 is 2.33 bits per heavy atom. The summed E-state index contributed by atoms with van der Waals surface area (Å²) in [5.41, 5.74) is 0.244. The van der Waals surface area contributed by atoms with Gasteiger partial charge >= 0.3 is 0 Å². The Kier molecular flexibility index (Phi) is 6.37. The molecule has 0 aliphatic heterocycles. The molecule has 0 aliphatic rings. The first-order valence-electron chi connectivity index (χ1n) is 5.38. The molecule has 0 aromatic carbocycles. The number of hydrogen-bond acceptors (Lipinski definition) is 5. The van der Waals surface area contributed by atoms with Crippen LogP contribution in [0.2, 0.25) is 0 Å². The van der Waals surface area contributed by atoms with E-state index in [-0.39, 0.29) is 11.5 Å². The maximum Gasteiger partial charge on any atom is 0.280 e. The molecule has 18 heavy (non-hydrogen) atoms. The van der Waals surface area contributed by atoms with E-state index in [1.807, 2.05) is 0 Å². The predicted octanol–water partition coefficient (Wildman–Crippen LogP) is 0.0970. The molecule has 8 heteroatoms. The smallest absolute Gasteiger partial charge is 0.280 e. The summed E-state index contributed by atoms with van der Waals surface area (Å²) in [7, 11) is 1.57. The van der Waals surface area contributed by atoms with Gasteiger partial charge in [-0.15, -0.1) is 0 Å². The Hall–Kier alpha value is -1.41. The number of hydrogen-bond donors (Lipinski definition) is 3. The molecule has 0 spiro atoms.